The lowest BCUT2D eigenvalue weighted by atomic mass is 9.95. The summed E-state index contributed by atoms with van der Waals surface area (Å²) in [5.74, 6) is -0.0125. The maximum atomic E-state index is 11.3. The van der Waals surface area contributed by atoms with Gasteiger partial charge in [0.15, 0.2) is 0 Å². The van der Waals surface area contributed by atoms with Gasteiger partial charge in [-0.1, -0.05) is 76.7 Å². The Balaban J connectivity index is 3.41. The zero-order chi connectivity index (χ0) is 17.2. The van der Waals surface area contributed by atoms with Crippen molar-refractivity contribution >= 4 is 5.91 Å². The Labute approximate surface area is 144 Å². The smallest absolute Gasteiger partial charge is 0.220 e. The van der Waals surface area contributed by atoms with E-state index < -0.39 is 0 Å². The normalized spacial score (nSPS) is 13.1. The van der Waals surface area contributed by atoms with Crippen LogP contribution in [0.1, 0.15) is 97.3 Å². The number of allylic oxidation sites excluding steroid dienone is 4. The molecule has 2 nitrogen and oxygen atoms in total. The summed E-state index contributed by atoms with van der Waals surface area (Å²) >= 11 is 0. The molecule has 0 aromatic rings. The molecular weight excluding hydrogens is 282 g/mol. The van der Waals surface area contributed by atoms with E-state index in [1.165, 1.54) is 51.4 Å². The van der Waals surface area contributed by atoms with E-state index in [1.54, 1.807) is 0 Å². The van der Waals surface area contributed by atoms with Gasteiger partial charge in [-0.05, 0) is 44.9 Å². The lowest BCUT2D eigenvalue weighted by Crippen LogP contribution is -2.23. The summed E-state index contributed by atoms with van der Waals surface area (Å²) in [6, 6.07) is 0. The molecular formula is C21H39NO. The first-order chi connectivity index (χ1) is 11.2. The van der Waals surface area contributed by atoms with Crippen molar-refractivity contribution in [3.05, 3.63) is 24.3 Å². The van der Waals surface area contributed by atoms with E-state index in [9.17, 15) is 4.79 Å². The molecule has 0 aromatic heterocycles. The molecule has 0 bridgehead atoms. The van der Waals surface area contributed by atoms with Crippen LogP contribution < -0.4 is 5.73 Å². The predicted octanol–water partition coefficient (Wildman–Crippen LogP) is 6.31. The monoisotopic (exact) mass is 321 g/mol. The van der Waals surface area contributed by atoms with Gasteiger partial charge in [-0.25, -0.2) is 0 Å². The first-order valence-electron chi connectivity index (χ1n) is 9.81. The first-order valence-corrected chi connectivity index (χ1v) is 9.81. The maximum Gasteiger partial charge on any atom is 0.220 e. The molecule has 0 aromatic carbocycles. The third kappa shape index (κ3) is 15.6. The van der Waals surface area contributed by atoms with E-state index in [2.05, 4.69) is 38.2 Å². The Kier molecular flexibility index (Phi) is 16.5. The van der Waals surface area contributed by atoms with Gasteiger partial charge >= 0.3 is 0 Å². The fourth-order valence-corrected chi connectivity index (χ4v) is 2.80. The third-order valence-electron chi connectivity index (χ3n) is 4.29. The molecule has 0 spiro atoms. The summed E-state index contributed by atoms with van der Waals surface area (Å²) in [7, 11) is 0. The van der Waals surface area contributed by atoms with Crippen LogP contribution in [0.4, 0.5) is 0 Å². The summed E-state index contributed by atoms with van der Waals surface area (Å²) in [6.45, 7) is 4.36. The van der Waals surface area contributed by atoms with E-state index in [0.29, 0.717) is 0 Å². The van der Waals surface area contributed by atoms with Crippen molar-refractivity contribution in [2.75, 3.05) is 0 Å². The zero-order valence-electron chi connectivity index (χ0n) is 15.6. The second kappa shape index (κ2) is 17.3. The molecule has 0 fully saturated rings. The molecule has 1 unspecified atom stereocenters. The van der Waals surface area contributed by atoms with Crippen molar-refractivity contribution < 1.29 is 4.79 Å². The SMILES string of the molecule is CCCCC/C=C\C/C=C\CCCCCCC(CCC)C(N)=O. The highest BCUT2D eigenvalue weighted by Crippen LogP contribution is 2.16. The van der Waals surface area contributed by atoms with Gasteiger partial charge in [0.2, 0.25) is 5.91 Å². The second-order valence-corrected chi connectivity index (χ2v) is 6.55. The number of unbranched alkanes of at least 4 members (excludes halogenated alkanes) is 7. The van der Waals surface area contributed by atoms with Crippen LogP contribution in [0.15, 0.2) is 24.3 Å². The van der Waals surface area contributed by atoms with Gasteiger partial charge in [-0.3, -0.25) is 4.79 Å². The van der Waals surface area contributed by atoms with Crippen LogP contribution >= 0.6 is 0 Å². The molecule has 2 heteroatoms. The molecule has 0 aliphatic heterocycles. The Hall–Kier alpha value is -1.05. The van der Waals surface area contributed by atoms with Crippen molar-refractivity contribution in [2.45, 2.75) is 97.3 Å². The largest absolute Gasteiger partial charge is 0.369 e. The number of nitrogens with two attached hydrogens (primary N) is 1. The molecule has 0 heterocycles. The van der Waals surface area contributed by atoms with Crippen LogP contribution in [0.2, 0.25) is 0 Å². The highest BCUT2D eigenvalue weighted by molar-refractivity contribution is 5.76. The van der Waals surface area contributed by atoms with Crippen molar-refractivity contribution in [2.24, 2.45) is 11.7 Å². The summed E-state index contributed by atoms with van der Waals surface area (Å²) in [6.07, 6.45) is 24.5. The topological polar surface area (TPSA) is 43.1 Å². The molecule has 0 aliphatic carbocycles. The lowest BCUT2D eigenvalue weighted by Gasteiger charge is -2.11. The van der Waals surface area contributed by atoms with Gasteiger partial charge < -0.3 is 5.73 Å². The Morgan fingerprint density at radius 2 is 1.39 bits per heavy atom. The highest BCUT2D eigenvalue weighted by atomic mass is 16.1. The van der Waals surface area contributed by atoms with E-state index in [1.807, 2.05) is 0 Å². The Bertz CT molecular complexity index is 320. The molecule has 2 N–H and O–H groups in total. The van der Waals surface area contributed by atoms with Gasteiger partial charge in [-0.15, -0.1) is 0 Å². The average Bonchev–Trinajstić information content (AvgIpc) is 2.54. The molecule has 0 rings (SSSR count). The van der Waals surface area contributed by atoms with E-state index >= 15 is 0 Å². The van der Waals surface area contributed by atoms with Crippen LogP contribution in [0.25, 0.3) is 0 Å². The summed E-state index contributed by atoms with van der Waals surface area (Å²) in [5.41, 5.74) is 5.42. The van der Waals surface area contributed by atoms with Crippen LogP contribution in [-0.2, 0) is 4.79 Å². The summed E-state index contributed by atoms with van der Waals surface area (Å²) in [5, 5.41) is 0. The molecule has 0 saturated carbocycles. The van der Waals surface area contributed by atoms with Crippen LogP contribution in [-0.4, -0.2) is 5.91 Å². The van der Waals surface area contributed by atoms with Crippen LogP contribution in [0, 0.1) is 5.92 Å². The van der Waals surface area contributed by atoms with Crippen LogP contribution in [0.3, 0.4) is 0 Å². The lowest BCUT2D eigenvalue weighted by molar-refractivity contribution is -0.122. The summed E-state index contributed by atoms with van der Waals surface area (Å²) < 4.78 is 0. The quantitative estimate of drug-likeness (QED) is 0.262. The molecule has 1 amide bonds. The van der Waals surface area contributed by atoms with Gasteiger partial charge in [0.05, 0.1) is 0 Å². The number of hydrogen-bond acceptors (Lipinski definition) is 1. The summed E-state index contributed by atoms with van der Waals surface area (Å²) in [4.78, 5) is 11.3. The molecule has 23 heavy (non-hydrogen) atoms. The van der Waals surface area contributed by atoms with Crippen molar-refractivity contribution in [3.63, 3.8) is 0 Å². The van der Waals surface area contributed by atoms with Crippen molar-refractivity contribution in [1.82, 2.24) is 0 Å². The van der Waals surface area contributed by atoms with E-state index in [0.717, 1.165) is 32.1 Å². The standard InChI is InChI=1S/C21H39NO/c1-3-5-6-7-8-9-10-11-12-13-14-15-16-17-19-20(18-4-2)21(22)23/h8-9,11-12,20H,3-7,10,13-19H2,1-2H3,(H2,22,23)/b9-8-,12-11-. The molecule has 134 valence electrons. The van der Waals surface area contributed by atoms with Gasteiger partial charge in [-0.2, -0.15) is 0 Å². The number of hydrogen-bond donors (Lipinski definition) is 1. The Morgan fingerprint density at radius 1 is 0.783 bits per heavy atom. The number of carbonyl (C=O) groups excluding carboxylic acids is 1. The highest BCUT2D eigenvalue weighted by Gasteiger charge is 2.12. The number of amides is 1. The van der Waals surface area contributed by atoms with E-state index in [4.69, 9.17) is 5.73 Å². The molecule has 1 atom stereocenters. The number of carbonyl (C=O) groups is 1. The molecule has 0 aliphatic rings. The van der Waals surface area contributed by atoms with Gasteiger partial charge in [0.1, 0.15) is 0 Å². The van der Waals surface area contributed by atoms with E-state index in [-0.39, 0.29) is 11.8 Å². The number of primary amides is 1. The van der Waals surface area contributed by atoms with Crippen molar-refractivity contribution in [1.29, 1.82) is 0 Å². The minimum Gasteiger partial charge on any atom is -0.369 e. The van der Waals surface area contributed by atoms with Crippen LogP contribution in [0.5, 0.6) is 0 Å². The second-order valence-electron chi connectivity index (χ2n) is 6.55. The van der Waals surface area contributed by atoms with Gasteiger partial charge in [0.25, 0.3) is 0 Å². The first kappa shape index (κ1) is 21.9. The minimum atomic E-state index is -0.113. The minimum absolute atomic E-state index is 0.101. The van der Waals surface area contributed by atoms with Crippen molar-refractivity contribution in [3.8, 4) is 0 Å². The third-order valence-corrected chi connectivity index (χ3v) is 4.29. The Morgan fingerprint density at radius 3 is 1.96 bits per heavy atom. The number of rotatable bonds is 16. The zero-order valence-corrected chi connectivity index (χ0v) is 15.6. The maximum absolute atomic E-state index is 11.3. The fraction of sp³-hybridized carbons (Fsp3) is 0.762. The average molecular weight is 322 g/mol. The predicted molar refractivity (Wildman–Crippen MR) is 102 cm³/mol. The molecule has 0 radical (unpaired) electrons. The molecule has 0 saturated heterocycles. The van der Waals surface area contributed by atoms with Gasteiger partial charge in [0, 0.05) is 5.92 Å². The fourth-order valence-electron chi connectivity index (χ4n) is 2.80.